The summed E-state index contributed by atoms with van der Waals surface area (Å²) >= 11 is 0. The molecule has 0 aliphatic carbocycles. The Kier molecular flexibility index (Phi) is 5.70. The number of halogens is 1. The van der Waals surface area contributed by atoms with Gasteiger partial charge in [-0.25, -0.2) is 17.1 Å². The zero-order chi connectivity index (χ0) is 23.2. The molecule has 2 aliphatic heterocycles. The van der Waals surface area contributed by atoms with Crippen molar-refractivity contribution in [2.24, 2.45) is 0 Å². The minimum atomic E-state index is -3.47. The Bertz CT molecular complexity index is 1290. The van der Waals surface area contributed by atoms with E-state index in [0.717, 1.165) is 16.7 Å². The van der Waals surface area contributed by atoms with Crippen molar-refractivity contribution >= 4 is 27.0 Å². The largest absolute Gasteiger partial charge is 0.462 e. The highest BCUT2D eigenvalue weighted by Gasteiger charge is 2.43. The van der Waals surface area contributed by atoms with Crippen LogP contribution in [0.3, 0.4) is 0 Å². The molecular weight excluding hydrogens is 445 g/mol. The summed E-state index contributed by atoms with van der Waals surface area (Å²) in [7, 11) is -3.47. The number of likely N-dealkylation sites (tertiary alicyclic amines) is 1. The lowest BCUT2D eigenvalue weighted by atomic mass is 9.91. The van der Waals surface area contributed by atoms with E-state index >= 15 is 0 Å². The standard InChI is InChI=1S/C24H26FN3O4S/c1-16-18(4-2-5-21(16)25)12-23(29)27-13-19(14-27)33(30,31)28-10-7-17(8-11-28)20-15-32-22-6-3-9-26-24(20)22/h2-6,9,15,17,19H,7-8,10-14H2,1H3. The molecule has 0 radical (unpaired) electrons. The monoisotopic (exact) mass is 471 g/mol. The van der Waals surface area contributed by atoms with Crippen molar-refractivity contribution in [3.05, 3.63) is 65.3 Å². The van der Waals surface area contributed by atoms with Crippen LogP contribution in [-0.4, -0.2) is 59.9 Å². The van der Waals surface area contributed by atoms with Crippen LogP contribution in [0, 0.1) is 12.7 Å². The topological polar surface area (TPSA) is 83.7 Å². The van der Waals surface area contributed by atoms with E-state index in [9.17, 15) is 17.6 Å². The molecule has 0 bridgehead atoms. The van der Waals surface area contributed by atoms with E-state index in [1.54, 1.807) is 40.7 Å². The van der Waals surface area contributed by atoms with Gasteiger partial charge in [0, 0.05) is 37.9 Å². The van der Waals surface area contributed by atoms with Gasteiger partial charge in [-0.15, -0.1) is 0 Å². The molecule has 5 rings (SSSR count). The highest BCUT2D eigenvalue weighted by molar-refractivity contribution is 7.89. The summed E-state index contributed by atoms with van der Waals surface area (Å²) < 4.78 is 47.1. The van der Waals surface area contributed by atoms with Crippen LogP contribution in [0.2, 0.25) is 0 Å². The maximum Gasteiger partial charge on any atom is 0.227 e. The van der Waals surface area contributed by atoms with Gasteiger partial charge in [0.15, 0.2) is 5.58 Å². The first-order valence-corrected chi connectivity index (χ1v) is 12.7. The van der Waals surface area contributed by atoms with Gasteiger partial charge in [-0.3, -0.25) is 9.78 Å². The van der Waals surface area contributed by atoms with Crippen LogP contribution in [0.15, 0.2) is 47.2 Å². The molecular formula is C24H26FN3O4S. The summed E-state index contributed by atoms with van der Waals surface area (Å²) in [4.78, 5) is 18.5. The first-order chi connectivity index (χ1) is 15.8. The second-order valence-corrected chi connectivity index (χ2v) is 11.1. The summed E-state index contributed by atoms with van der Waals surface area (Å²) in [6.07, 6.45) is 4.97. The first-order valence-electron chi connectivity index (χ1n) is 11.2. The van der Waals surface area contributed by atoms with Gasteiger partial charge in [0.2, 0.25) is 15.9 Å². The zero-order valence-corrected chi connectivity index (χ0v) is 19.2. The van der Waals surface area contributed by atoms with Gasteiger partial charge in [-0.2, -0.15) is 0 Å². The average molecular weight is 472 g/mol. The van der Waals surface area contributed by atoms with Crippen molar-refractivity contribution in [2.75, 3.05) is 26.2 Å². The lowest BCUT2D eigenvalue weighted by Gasteiger charge is -2.42. The minimum absolute atomic E-state index is 0.0778. The van der Waals surface area contributed by atoms with Crippen LogP contribution in [0.1, 0.15) is 35.4 Å². The molecule has 174 valence electrons. The van der Waals surface area contributed by atoms with Gasteiger partial charge in [-0.1, -0.05) is 12.1 Å². The number of pyridine rings is 1. The average Bonchev–Trinajstić information content (AvgIpc) is 3.20. The van der Waals surface area contributed by atoms with Gasteiger partial charge >= 0.3 is 0 Å². The molecule has 0 unspecified atom stereocenters. The Morgan fingerprint density at radius 1 is 1.18 bits per heavy atom. The van der Waals surface area contributed by atoms with Gasteiger partial charge < -0.3 is 9.32 Å². The van der Waals surface area contributed by atoms with Gasteiger partial charge in [0.25, 0.3) is 0 Å². The predicted molar refractivity (Wildman–Crippen MR) is 122 cm³/mol. The fourth-order valence-corrected chi connectivity index (χ4v) is 6.63. The fraction of sp³-hybridized carbons (Fsp3) is 0.417. The number of fused-ring (bicyclic) bond motifs is 1. The molecule has 0 N–H and O–H groups in total. The molecule has 3 aromatic rings. The number of amides is 1. The second-order valence-electron chi connectivity index (χ2n) is 8.88. The molecule has 0 saturated carbocycles. The van der Waals surface area contributed by atoms with E-state index in [0.29, 0.717) is 37.1 Å². The van der Waals surface area contributed by atoms with Crippen molar-refractivity contribution in [2.45, 2.75) is 37.4 Å². The Morgan fingerprint density at radius 3 is 2.70 bits per heavy atom. The number of hydrogen-bond donors (Lipinski definition) is 0. The second kappa shape index (κ2) is 8.53. The fourth-order valence-electron chi connectivity index (χ4n) is 4.76. The molecule has 2 aliphatic rings. The van der Waals surface area contributed by atoms with Crippen molar-refractivity contribution < 1.29 is 22.0 Å². The Labute approximate surface area is 192 Å². The number of rotatable bonds is 5. The molecule has 2 saturated heterocycles. The number of furan rings is 1. The highest BCUT2D eigenvalue weighted by Crippen LogP contribution is 2.35. The van der Waals surface area contributed by atoms with Crippen LogP contribution in [0.4, 0.5) is 4.39 Å². The molecule has 2 aromatic heterocycles. The van der Waals surface area contributed by atoms with E-state index in [1.165, 1.54) is 6.07 Å². The number of hydrogen-bond acceptors (Lipinski definition) is 5. The van der Waals surface area contributed by atoms with Crippen molar-refractivity contribution in [3.63, 3.8) is 0 Å². The SMILES string of the molecule is Cc1c(F)cccc1CC(=O)N1CC(S(=O)(=O)N2CCC(c3coc4cccnc34)CC2)C1. The summed E-state index contributed by atoms with van der Waals surface area (Å²) in [5.74, 6) is -0.304. The molecule has 33 heavy (non-hydrogen) atoms. The van der Waals surface area contributed by atoms with Gasteiger partial charge in [0.05, 0.1) is 12.7 Å². The minimum Gasteiger partial charge on any atom is -0.462 e. The Morgan fingerprint density at radius 2 is 1.94 bits per heavy atom. The molecule has 0 atom stereocenters. The third-order valence-electron chi connectivity index (χ3n) is 6.95. The number of benzene rings is 1. The summed E-state index contributed by atoms with van der Waals surface area (Å²) in [6.45, 7) is 2.91. The van der Waals surface area contributed by atoms with Crippen molar-refractivity contribution in [3.8, 4) is 0 Å². The van der Waals surface area contributed by atoms with Gasteiger partial charge in [0.1, 0.15) is 16.6 Å². The molecule has 1 amide bonds. The van der Waals surface area contributed by atoms with Crippen LogP contribution in [0.25, 0.3) is 11.1 Å². The number of carbonyl (C=O) groups excluding carboxylic acids is 1. The van der Waals surface area contributed by atoms with E-state index < -0.39 is 15.3 Å². The normalized spacial score (nSPS) is 18.5. The quantitative estimate of drug-likeness (QED) is 0.571. The van der Waals surface area contributed by atoms with Crippen LogP contribution >= 0.6 is 0 Å². The summed E-state index contributed by atoms with van der Waals surface area (Å²) in [5, 5.41) is -0.581. The summed E-state index contributed by atoms with van der Waals surface area (Å²) in [6, 6.07) is 8.39. The lowest BCUT2D eigenvalue weighted by molar-refractivity contribution is -0.133. The Hall–Kier alpha value is -2.78. The maximum atomic E-state index is 13.7. The summed E-state index contributed by atoms with van der Waals surface area (Å²) in [5.41, 5.74) is 3.72. The van der Waals surface area contributed by atoms with E-state index in [1.807, 2.05) is 12.1 Å². The third kappa shape index (κ3) is 4.04. The highest BCUT2D eigenvalue weighted by atomic mass is 32.2. The molecule has 4 heterocycles. The molecule has 7 nitrogen and oxygen atoms in total. The molecule has 9 heteroatoms. The predicted octanol–water partition coefficient (Wildman–Crippen LogP) is 3.24. The molecule has 1 aromatic carbocycles. The number of sulfonamides is 1. The van der Waals surface area contributed by atoms with Crippen molar-refractivity contribution in [1.82, 2.24) is 14.2 Å². The smallest absolute Gasteiger partial charge is 0.227 e. The van der Waals surface area contributed by atoms with E-state index in [4.69, 9.17) is 4.42 Å². The number of nitrogens with zero attached hydrogens (tertiary/aromatic N) is 3. The van der Waals surface area contributed by atoms with Gasteiger partial charge in [-0.05, 0) is 55.0 Å². The molecule has 2 fully saturated rings. The third-order valence-corrected chi connectivity index (χ3v) is 9.18. The zero-order valence-electron chi connectivity index (χ0n) is 18.4. The maximum absolute atomic E-state index is 13.7. The van der Waals surface area contributed by atoms with Crippen molar-refractivity contribution in [1.29, 1.82) is 0 Å². The number of aromatic nitrogens is 1. The Balaban J connectivity index is 1.17. The number of carbonyl (C=O) groups is 1. The van der Waals surface area contributed by atoms with E-state index in [2.05, 4.69) is 4.98 Å². The first kappa shape index (κ1) is 22.0. The van der Waals surface area contributed by atoms with Crippen LogP contribution in [-0.2, 0) is 21.2 Å². The van der Waals surface area contributed by atoms with Crippen LogP contribution < -0.4 is 0 Å². The lowest BCUT2D eigenvalue weighted by Crippen LogP contribution is -2.60. The van der Waals surface area contributed by atoms with Crippen LogP contribution in [0.5, 0.6) is 0 Å². The van der Waals surface area contributed by atoms with E-state index in [-0.39, 0.29) is 37.2 Å². The number of piperidine rings is 1. The molecule has 0 spiro atoms.